The van der Waals surface area contributed by atoms with Gasteiger partial charge in [0.2, 0.25) is 0 Å². The van der Waals surface area contributed by atoms with Gasteiger partial charge in [0, 0.05) is 31.7 Å². The molecule has 0 spiro atoms. The molecular weight excluding hydrogens is 338 g/mol. The zero-order valence-electron chi connectivity index (χ0n) is 17.9. The molecule has 0 saturated carbocycles. The fraction of sp³-hybridized carbons (Fsp3) is 0.682. The largest absolute Gasteiger partial charge is 0.491 e. The van der Waals surface area contributed by atoms with Crippen LogP contribution in [0, 0.1) is 11.8 Å². The molecule has 5 heteroatoms. The minimum absolute atomic E-state index is 0.0679. The normalized spacial score (nSPS) is 21.3. The highest BCUT2D eigenvalue weighted by Gasteiger charge is 2.33. The van der Waals surface area contributed by atoms with Crippen LogP contribution in [0.1, 0.15) is 44.5 Å². The number of carbonyl (C=O) groups is 1. The van der Waals surface area contributed by atoms with E-state index in [4.69, 9.17) is 4.74 Å². The Morgan fingerprint density at radius 1 is 1.22 bits per heavy atom. The number of piperidine rings is 1. The first-order chi connectivity index (χ1) is 12.7. The molecule has 1 fully saturated rings. The van der Waals surface area contributed by atoms with E-state index in [9.17, 15) is 4.79 Å². The average Bonchev–Trinajstić information content (AvgIpc) is 2.59. The van der Waals surface area contributed by atoms with Crippen molar-refractivity contribution in [3.63, 3.8) is 0 Å². The van der Waals surface area contributed by atoms with Gasteiger partial charge in [0.25, 0.3) is 5.91 Å². The van der Waals surface area contributed by atoms with E-state index in [-0.39, 0.29) is 11.4 Å². The summed E-state index contributed by atoms with van der Waals surface area (Å²) in [6.45, 7) is 13.3. The van der Waals surface area contributed by atoms with Crippen molar-refractivity contribution >= 4 is 5.91 Å². The van der Waals surface area contributed by atoms with Gasteiger partial charge in [-0.1, -0.05) is 26.0 Å². The first-order valence-electron chi connectivity index (χ1n) is 10.1. The summed E-state index contributed by atoms with van der Waals surface area (Å²) in [6.07, 6.45) is 1.29. The topological polar surface area (TPSA) is 44.8 Å². The number of amides is 1. The third-order valence-electron chi connectivity index (χ3n) is 5.33. The second-order valence-corrected chi connectivity index (χ2v) is 8.99. The molecule has 1 aromatic carbocycles. The third kappa shape index (κ3) is 6.51. The lowest BCUT2D eigenvalue weighted by molar-refractivity contribution is 0.0444. The van der Waals surface area contributed by atoms with Gasteiger partial charge in [-0.2, -0.15) is 0 Å². The zero-order valence-corrected chi connectivity index (χ0v) is 17.9. The lowest BCUT2D eigenvalue weighted by Gasteiger charge is -2.45. The number of nitrogens with one attached hydrogen (secondary N) is 1. The number of likely N-dealkylation sites (N-methyl/N-ethyl adjacent to an activating group) is 1. The van der Waals surface area contributed by atoms with E-state index < -0.39 is 0 Å². The van der Waals surface area contributed by atoms with Gasteiger partial charge in [-0.25, -0.2) is 0 Å². The van der Waals surface area contributed by atoms with Gasteiger partial charge in [0.1, 0.15) is 12.4 Å². The summed E-state index contributed by atoms with van der Waals surface area (Å²) >= 11 is 0. The fourth-order valence-corrected chi connectivity index (χ4v) is 3.78. The maximum absolute atomic E-state index is 12.8. The third-order valence-corrected chi connectivity index (χ3v) is 5.33. The zero-order chi connectivity index (χ0) is 20.0. The Bertz CT molecular complexity index is 605. The molecule has 1 saturated heterocycles. The van der Waals surface area contributed by atoms with Crippen molar-refractivity contribution < 1.29 is 9.53 Å². The SMILES string of the molecule is CC1CC(C)CN(C(C)(C)CNC(=O)c2ccccc2OCCN(C)C)C1. The van der Waals surface area contributed by atoms with Crippen molar-refractivity contribution in [2.75, 3.05) is 46.9 Å². The summed E-state index contributed by atoms with van der Waals surface area (Å²) in [6, 6.07) is 7.48. The summed E-state index contributed by atoms with van der Waals surface area (Å²) < 4.78 is 5.83. The molecule has 1 heterocycles. The number of carbonyl (C=O) groups excluding carboxylic acids is 1. The van der Waals surface area contributed by atoms with Crippen LogP contribution in [0.15, 0.2) is 24.3 Å². The van der Waals surface area contributed by atoms with E-state index in [2.05, 4.69) is 42.8 Å². The van der Waals surface area contributed by atoms with Gasteiger partial charge < -0.3 is 15.0 Å². The molecular formula is C22H37N3O2. The van der Waals surface area contributed by atoms with E-state index in [1.807, 2.05) is 38.4 Å². The van der Waals surface area contributed by atoms with Crippen LogP contribution in [-0.2, 0) is 0 Å². The lowest BCUT2D eigenvalue weighted by atomic mass is 9.88. The van der Waals surface area contributed by atoms with E-state index in [0.29, 0.717) is 36.3 Å². The van der Waals surface area contributed by atoms with Crippen molar-refractivity contribution in [2.24, 2.45) is 11.8 Å². The van der Waals surface area contributed by atoms with Crippen LogP contribution in [0.5, 0.6) is 5.75 Å². The molecule has 27 heavy (non-hydrogen) atoms. The van der Waals surface area contributed by atoms with Gasteiger partial charge in [-0.15, -0.1) is 0 Å². The van der Waals surface area contributed by atoms with Gasteiger partial charge in [-0.05, 0) is 58.3 Å². The standard InChI is InChI=1S/C22H37N3O2/c1-17-13-18(2)15-25(14-17)22(3,4)16-23-21(26)19-9-7-8-10-20(19)27-12-11-24(5)6/h7-10,17-18H,11-16H2,1-6H3,(H,23,26). The van der Waals surface area contributed by atoms with Crippen LogP contribution in [0.3, 0.4) is 0 Å². The van der Waals surface area contributed by atoms with E-state index >= 15 is 0 Å². The van der Waals surface area contributed by atoms with Crippen LogP contribution < -0.4 is 10.1 Å². The van der Waals surface area contributed by atoms with E-state index in [1.165, 1.54) is 6.42 Å². The van der Waals surface area contributed by atoms with Crippen LogP contribution in [0.4, 0.5) is 0 Å². The Labute approximate surface area is 165 Å². The summed E-state index contributed by atoms with van der Waals surface area (Å²) in [4.78, 5) is 17.4. The van der Waals surface area contributed by atoms with Gasteiger partial charge >= 0.3 is 0 Å². The Hall–Kier alpha value is -1.59. The van der Waals surface area contributed by atoms with Crippen molar-refractivity contribution in [1.29, 1.82) is 0 Å². The molecule has 2 atom stereocenters. The molecule has 0 aliphatic carbocycles. The van der Waals surface area contributed by atoms with Gasteiger partial charge in [0.05, 0.1) is 5.56 Å². The number of ether oxygens (including phenoxy) is 1. The van der Waals surface area contributed by atoms with Crippen LogP contribution in [0.25, 0.3) is 0 Å². The number of hydrogen-bond donors (Lipinski definition) is 1. The highest BCUT2D eigenvalue weighted by Crippen LogP contribution is 2.27. The predicted molar refractivity (Wildman–Crippen MR) is 111 cm³/mol. The minimum atomic E-state index is -0.0701. The van der Waals surface area contributed by atoms with E-state index in [0.717, 1.165) is 19.6 Å². The van der Waals surface area contributed by atoms with E-state index in [1.54, 1.807) is 0 Å². The first-order valence-corrected chi connectivity index (χ1v) is 10.1. The molecule has 5 nitrogen and oxygen atoms in total. The number of nitrogens with zero attached hydrogens (tertiary/aromatic N) is 2. The van der Waals surface area contributed by atoms with Crippen LogP contribution in [-0.4, -0.2) is 68.1 Å². The van der Waals surface area contributed by atoms with Crippen LogP contribution >= 0.6 is 0 Å². The van der Waals surface area contributed by atoms with Gasteiger partial charge in [-0.3, -0.25) is 9.69 Å². The van der Waals surface area contributed by atoms with Gasteiger partial charge in [0.15, 0.2) is 0 Å². The van der Waals surface area contributed by atoms with Crippen molar-refractivity contribution in [3.8, 4) is 5.75 Å². The molecule has 1 aliphatic rings. The summed E-state index contributed by atoms with van der Waals surface area (Å²) in [5.74, 6) is 1.99. The molecule has 152 valence electrons. The Kier molecular flexibility index (Phi) is 7.68. The number of rotatable bonds is 8. The highest BCUT2D eigenvalue weighted by atomic mass is 16.5. The Morgan fingerprint density at radius 3 is 2.48 bits per heavy atom. The quantitative estimate of drug-likeness (QED) is 0.758. The van der Waals surface area contributed by atoms with Crippen molar-refractivity contribution in [1.82, 2.24) is 15.1 Å². The summed E-state index contributed by atoms with van der Waals surface area (Å²) in [5.41, 5.74) is 0.534. The van der Waals surface area contributed by atoms with Crippen molar-refractivity contribution in [2.45, 2.75) is 39.7 Å². The number of para-hydroxylation sites is 1. The molecule has 1 amide bonds. The molecule has 1 aliphatic heterocycles. The molecule has 2 rings (SSSR count). The summed E-state index contributed by atoms with van der Waals surface area (Å²) in [7, 11) is 4.01. The molecule has 1 aromatic rings. The maximum atomic E-state index is 12.8. The Morgan fingerprint density at radius 2 is 1.85 bits per heavy atom. The number of likely N-dealkylation sites (tertiary alicyclic amines) is 1. The molecule has 0 bridgehead atoms. The second-order valence-electron chi connectivity index (χ2n) is 8.99. The predicted octanol–water partition coefficient (Wildman–Crippen LogP) is 3.11. The second kappa shape index (κ2) is 9.56. The number of hydrogen-bond acceptors (Lipinski definition) is 4. The van der Waals surface area contributed by atoms with Crippen LogP contribution in [0.2, 0.25) is 0 Å². The number of benzene rings is 1. The Balaban J connectivity index is 1.96. The maximum Gasteiger partial charge on any atom is 0.255 e. The monoisotopic (exact) mass is 375 g/mol. The highest BCUT2D eigenvalue weighted by molar-refractivity contribution is 5.96. The fourth-order valence-electron chi connectivity index (χ4n) is 3.78. The average molecular weight is 376 g/mol. The minimum Gasteiger partial charge on any atom is -0.491 e. The smallest absolute Gasteiger partial charge is 0.255 e. The molecule has 0 radical (unpaired) electrons. The lowest BCUT2D eigenvalue weighted by Crippen LogP contribution is -2.56. The molecule has 2 unspecified atom stereocenters. The van der Waals surface area contributed by atoms with Crippen molar-refractivity contribution in [3.05, 3.63) is 29.8 Å². The summed E-state index contributed by atoms with van der Waals surface area (Å²) in [5, 5.41) is 3.13. The first kappa shape index (κ1) is 21.7. The molecule has 1 N–H and O–H groups in total. The molecule has 0 aromatic heterocycles.